The Morgan fingerprint density at radius 1 is 1.50 bits per heavy atom. The smallest absolute Gasteiger partial charge is 0.0629 e. The van der Waals surface area contributed by atoms with E-state index >= 15 is 0 Å². The van der Waals surface area contributed by atoms with Gasteiger partial charge >= 0.3 is 0 Å². The molecule has 0 saturated carbocycles. The van der Waals surface area contributed by atoms with Gasteiger partial charge < -0.3 is 10.1 Å². The second-order valence-electron chi connectivity index (χ2n) is 4.02. The van der Waals surface area contributed by atoms with Crippen LogP contribution < -0.4 is 5.32 Å². The van der Waals surface area contributed by atoms with Gasteiger partial charge in [-0.05, 0) is 46.2 Å². The minimum absolute atomic E-state index is 0. The lowest BCUT2D eigenvalue weighted by atomic mass is 9.88. The van der Waals surface area contributed by atoms with Crippen molar-refractivity contribution in [2.75, 3.05) is 20.2 Å². The summed E-state index contributed by atoms with van der Waals surface area (Å²) in [6.07, 6.45) is 2.40. The predicted octanol–water partition coefficient (Wildman–Crippen LogP) is 1.83. The molecule has 0 aromatic heterocycles. The molecule has 1 aliphatic heterocycles. The fourth-order valence-corrected chi connectivity index (χ4v) is 1.82. The van der Waals surface area contributed by atoms with Crippen molar-refractivity contribution in [1.82, 2.24) is 5.32 Å². The summed E-state index contributed by atoms with van der Waals surface area (Å²) < 4.78 is 5.61. The van der Waals surface area contributed by atoms with Gasteiger partial charge in [0.15, 0.2) is 0 Å². The summed E-state index contributed by atoms with van der Waals surface area (Å²) in [7, 11) is 2.02. The normalized spacial score (nSPS) is 27.8. The van der Waals surface area contributed by atoms with Crippen LogP contribution in [0.15, 0.2) is 0 Å². The standard InChI is InChI=1S/C9H19NO.ClH/c1-9(2)6-8(7-10-3)4-5-11-9;/h8,10H,4-7H2,1-3H3;1H. The third kappa shape index (κ3) is 3.74. The highest BCUT2D eigenvalue weighted by Crippen LogP contribution is 2.27. The van der Waals surface area contributed by atoms with Crippen LogP contribution in [0.5, 0.6) is 0 Å². The van der Waals surface area contributed by atoms with E-state index < -0.39 is 0 Å². The lowest BCUT2D eigenvalue weighted by Gasteiger charge is -2.35. The van der Waals surface area contributed by atoms with Gasteiger partial charge in [-0.2, -0.15) is 0 Å². The highest BCUT2D eigenvalue weighted by Gasteiger charge is 2.27. The van der Waals surface area contributed by atoms with Gasteiger partial charge in [-0.15, -0.1) is 12.4 Å². The van der Waals surface area contributed by atoms with Gasteiger partial charge in [0.25, 0.3) is 0 Å². The molecule has 1 rings (SSSR count). The monoisotopic (exact) mass is 193 g/mol. The molecule has 0 aromatic rings. The summed E-state index contributed by atoms with van der Waals surface area (Å²) >= 11 is 0. The summed E-state index contributed by atoms with van der Waals surface area (Å²) in [5, 5.41) is 3.22. The maximum Gasteiger partial charge on any atom is 0.0629 e. The number of halogens is 1. The zero-order chi connectivity index (χ0) is 8.32. The zero-order valence-corrected chi connectivity index (χ0v) is 9.04. The molecular weight excluding hydrogens is 174 g/mol. The van der Waals surface area contributed by atoms with Crippen molar-refractivity contribution < 1.29 is 4.74 Å². The maximum atomic E-state index is 5.61. The lowest BCUT2D eigenvalue weighted by molar-refractivity contribution is -0.0715. The Morgan fingerprint density at radius 2 is 2.17 bits per heavy atom. The molecule has 0 spiro atoms. The third-order valence-corrected chi connectivity index (χ3v) is 2.29. The van der Waals surface area contributed by atoms with Gasteiger partial charge in [0.1, 0.15) is 0 Å². The van der Waals surface area contributed by atoms with Crippen molar-refractivity contribution in [2.45, 2.75) is 32.3 Å². The topological polar surface area (TPSA) is 21.3 Å². The maximum absolute atomic E-state index is 5.61. The first kappa shape index (κ1) is 12.2. The van der Waals surface area contributed by atoms with E-state index in [2.05, 4.69) is 19.2 Å². The molecule has 0 amide bonds. The van der Waals surface area contributed by atoms with Crippen molar-refractivity contribution in [3.8, 4) is 0 Å². The summed E-state index contributed by atoms with van der Waals surface area (Å²) in [5.41, 5.74) is 0.111. The van der Waals surface area contributed by atoms with Crippen molar-refractivity contribution in [3.05, 3.63) is 0 Å². The van der Waals surface area contributed by atoms with Gasteiger partial charge in [-0.3, -0.25) is 0 Å². The molecule has 1 aliphatic rings. The van der Waals surface area contributed by atoms with E-state index in [0.717, 1.165) is 19.1 Å². The molecule has 1 heterocycles. The van der Waals surface area contributed by atoms with E-state index in [1.54, 1.807) is 0 Å². The average molecular weight is 194 g/mol. The molecule has 0 radical (unpaired) electrons. The highest BCUT2D eigenvalue weighted by atomic mass is 35.5. The van der Waals surface area contributed by atoms with Crippen molar-refractivity contribution in [2.24, 2.45) is 5.92 Å². The largest absolute Gasteiger partial charge is 0.376 e. The molecule has 74 valence electrons. The fourth-order valence-electron chi connectivity index (χ4n) is 1.82. The lowest BCUT2D eigenvalue weighted by Crippen LogP contribution is -2.37. The number of nitrogens with one attached hydrogen (secondary N) is 1. The minimum Gasteiger partial charge on any atom is -0.376 e. The molecule has 0 aromatic carbocycles. The highest BCUT2D eigenvalue weighted by molar-refractivity contribution is 5.85. The van der Waals surface area contributed by atoms with Crippen molar-refractivity contribution >= 4 is 12.4 Å². The molecule has 1 N–H and O–H groups in total. The Balaban J connectivity index is 0.00000121. The van der Waals surface area contributed by atoms with E-state index in [1.807, 2.05) is 7.05 Å². The molecule has 1 fully saturated rings. The summed E-state index contributed by atoms with van der Waals surface area (Å²) in [6, 6.07) is 0. The summed E-state index contributed by atoms with van der Waals surface area (Å²) in [6.45, 7) is 6.41. The van der Waals surface area contributed by atoms with Crippen LogP contribution in [-0.4, -0.2) is 25.8 Å². The summed E-state index contributed by atoms with van der Waals surface area (Å²) in [4.78, 5) is 0. The Kier molecular flexibility index (Phi) is 5.14. The molecule has 3 heteroatoms. The quantitative estimate of drug-likeness (QED) is 0.723. The SMILES string of the molecule is CNCC1CCOC(C)(C)C1.Cl. The molecule has 0 bridgehead atoms. The third-order valence-electron chi connectivity index (χ3n) is 2.29. The second-order valence-corrected chi connectivity index (χ2v) is 4.02. The molecule has 12 heavy (non-hydrogen) atoms. The molecule has 0 aliphatic carbocycles. The van der Waals surface area contributed by atoms with E-state index in [1.165, 1.54) is 12.8 Å². The predicted molar refractivity (Wildman–Crippen MR) is 53.9 cm³/mol. The first-order valence-corrected chi connectivity index (χ1v) is 4.42. The van der Waals surface area contributed by atoms with Gasteiger partial charge in [0.05, 0.1) is 5.60 Å². The molecule has 1 atom stereocenters. The van der Waals surface area contributed by atoms with Gasteiger partial charge in [0, 0.05) is 6.61 Å². The van der Waals surface area contributed by atoms with E-state index in [-0.39, 0.29) is 18.0 Å². The van der Waals surface area contributed by atoms with Gasteiger partial charge in [-0.1, -0.05) is 0 Å². The van der Waals surface area contributed by atoms with Crippen molar-refractivity contribution in [3.63, 3.8) is 0 Å². The van der Waals surface area contributed by atoms with Crippen LogP contribution in [0.25, 0.3) is 0 Å². The Bertz CT molecular complexity index is 126. The number of rotatable bonds is 2. The van der Waals surface area contributed by atoms with Crippen LogP contribution in [0.1, 0.15) is 26.7 Å². The average Bonchev–Trinajstić information content (AvgIpc) is 1.85. The number of ether oxygens (including phenoxy) is 1. The van der Waals surface area contributed by atoms with Crippen LogP contribution in [0.3, 0.4) is 0 Å². The van der Waals surface area contributed by atoms with Gasteiger partial charge in [-0.25, -0.2) is 0 Å². The summed E-state index contributed by atoms with van der Waals surface area (Å²) in [5.74, 6) is 0.809. The van der Waals surface area contributed by atoms with Crippen LogP contribution in [0.4, 0.5) is 0 Å². The van der Waals surface area contributed by atoms with Crippen molar-refractivity contribution in [1.29, 1.82) is 0 Å². The minimum atomic E-state index is 0. The van der Waals surface area contributed by atoms with E-state index in [0.29, 0.717) is 0 Å². The van der Waals surface area contributed by atoms with E-state index in [4.69, 9.17) is 4.74 Å². The first-order valence-electron chi connectivity index (χ1n) is 4.42. The Morgan fingerprint density at radius 3 is 2.67 bits per heavy atom. The molecule has 1 unspecified atom stereocenters. The molecule has 2 nitrogen and oxygen atoms in total. The van der Waals surface area contributed by atoms with Crippen LogP contribution in [0.2, 0.25) is 0 Å². The fraction of sp³-hybridized carbons (Fsp3) is 1.00. The van der Waals surface area contributed by atoms with Crippen LogP contribution >= 0.6 is 12.4 Å². The number of hydrogen-bond acceptors (Lipinski definition) is 2. The second kappa shape index (κ2) is 5.05. The molecule has 1 saturated heterocycles. The number of hydrogen-bond donors (Lipinski definition) is 1. The Labute approximate surface area is 81.5 Å². The first-order chi connectivity index (χ1) is 5.14. The Hall–Kier alpha value is 0.210. The zero-order valence-electron chi connectivity index (χ0n) is 8.22. The molecular formula is C9H20ClNO. The van der Waals surface area contributed by atoms with E-state index in [9.17, 15) is 0 Å². The van der Waals surface area contributed by atoms with Crippen LogP contribution in [0, 0.1) is 5.92 Å². The van der Waals surface area contributed by atoms with Gasteiger partial charge in [0.2, 0.25) is 0 Å². The van der Waals surface area contributed by atoms with Crippen LogP contribution in [-0.2, 0) is 4.74 Å².